The number of nitrogen functional groups attached to an aromatic ring is 1. The second kappa shape index (κ2) is 7.74. The van der Waals surface area contributed by atoms with Crippen LogP contribution in [0.25, 0.3) is 11.3 Å². The van der Waals surface area contributed by atoms with Crippen molar-refractivity contribution in [3.63, 3.8) is 0 Å². The summed E-state index contributed by atoms with van der Waals surface area (Å²) in [7, 11) is 2.18. The van der Waals surface area contributed by atoms with E-state index in [1.165, 1.54) is 5.69 Å². The van der Waals surface area contributed by atoms with Crippen LogP contribution in [0, 0.1) is 0 Å². The van der Waals surface area contributed by atoms with Gasteiger partial charge in [-0.05, 0) is 38.2 Å². The number of hydrogen-bond acceptors (Lipinski definition) is 6. The van der Waals surface area contributed by atoms with Crippen molar-refractivity contribution in [2.45, 2.75) is 13.0 Å². The molecule has 0 bridgehead atoms. The lowest BCUT2D eigenvalue weighted by Crippen LogP contribution is -2.50. The van der Waals surface area contributed by atoms with Gasteiger partial charge in [-0.3, -0.25) is 4.98 Å². The van der Waals surface area contributed by atoms with E-state index in [0.717, 1.165) is 68.6 Å². The number of aromatic nitrogens is 1. The molecule has 2 aromatic rings. The third-order valence-electron chi connectivity index (χ3n) is 5.74. The number of rotatable bonds is 3. The molecule has 2 fully saturated rings. The fraction of sp³-hybridized carbons (Fsp3) is 0.476. The van der Waals surface area contributed by atoms with E-state index in [1.807, 2.05) is 6.20 Å². The predicted molar refractivity (Wildman–Crippen MR) is 111 cm³/mol. The van der Waals surface area contributed by atoms with Gasteiger partial charge in [-0.2, -0.15) is 0 Å². The summed E-state index contributed by atoms with van der Waals surface area (Å²) < 4.78 is 5.46. The lowest BCUT2D eigenvalue weighted by Gasteiger charge is -2.39. The van der Waals surface area contributed by atoms with Crippen molar-refractivity contribution in [2.75, 3.05) is 68.5 Å². The van der Waals surface area contributed by atoms with Crippen LogP contribution in [0.3, 0.4) is 0 Å². The lowest BCUT2D eigenvalue weighted by atomic mass is 10.1. The van der Waals surface area contributed by atoms with Gasteiger partial charge < -0.3 is 25.2 Å². The molecule has 0 amide bonds. The summed E-state index contributed by atoms with van der Waals surface area (Å²) in [6.45, 7) is 8.74. The molecule has 0 radical (unpaired) electrons. The molecular weight excluding hydrogens is 338 g/mol. The van der Waals surface area contributed by atoms with Gasteiger partial charge in [0.05, 0.1) is 30.3 Å². The molecule has 0 unspecified atom stereocenters. The smallest absolute Gasteiger partial charge is 0.0723 e. The van der Waals surface area contributed by atoms with E-state index in [9.17, 15) is 0 Å². The highest BCUT2D eigenvalue weighted by Crippen LogP contribution is 2.31. The molecular formula is C21H29N5O. The first-order chi connectivity index (χ1) is 13.1. The highest BCUT2D eigenvalue weighted by Gasteiger charge is 2.22. The molecule has 6 heteroatoms. The quantitative estimate of drug-likeness (QED) is 0.840. The van der Waals surface area contributed by atoms with E-state index < -0.39 is 0 Å². The Morgan fingerprint density at radius 1 is 1.04 bits per heavy atom. The Hall–Kier alpha value is -2.31. The Balaban J connectivity index is 1.56. The number of likely N-dealkylation sites (N-methyl/N-ethyl adjacent to an activating group) is 1. The van der Waals surface area contributed by atoms with Gasteiger partial charge in [0.25, 0.3) is 0 Å². The molecule has 1 atom stereocenters. The molecule has 4 rings (SSSR count). The lowest BCUT2D eigenvalue weighted by molar-refractivity contribution is 0.122. The maximum atomic E-state index is 6.44. The Bertz CT molecular complexity index is 790. The molecule has 2 aliphatic rings. The van der Waals surface area contributed by atoms with Crippen molar-refractivity contribution in [1.82, 2.24) is 9.88 Å². The van der Waals surface area contributed by atoms with Crippen LogP contribution in [-0.4, -0.2) is 68.9 Å². The predicted octanol–water partition coefficient (Wildman–Crippen LogP) is 2.31. The Labute approximate surface area is 161 Å². The number of nitrogens with zero attached hydrogens (tertiary/aromatic N) is 4. The average Bonchev–Trinajstić information content (AvgIpc) is 2.71. The van der Waals surface area contributed by atoms with Crippen LogP contribution in [0.1, 0.15) is 6.92 Å². The van der Waals surface area contributed by atoms with E-state index in [-0.39, 0.29) is 0 Å². The Kier molecular flexibility index (Phi) is 5.18. The first-order valence-electron chi connectivity index (χ1n) is 9.75. The molecule has 2 aliphatic heterocycles. The van der Waals surface area contributed by atoms with E-state index in [1.54, 1.807) is 0 Å². The van der Waals surface area contributed by atoms with E-state index in [4.69, 9.17) is 10.5 Å². The van der Waals surface area contributed by atoms with E-state index in [2.05, 4.69) is 64.0 Å². The highest BCUT2D eigenvalue weighted by atomic mass is 16.5. The number of nitrogens with two attached hydrogens (primary N) is 1. The number of ether oxygens (including phenoxy) is 1. The van der Waals surface area contributed by atoms with Gasteiger partial charge in [0.2, 0.25) is 0 Å². The molecule has 1 aromatic carbocycles. The molecule has 3 heterocycles. The normalized spacial score (nSPS) is 21.5. The zero-order chi connectivity index (χ0) is 18.8. The molecule has 1 aromatic heterocycles. The monoisotopic (exact) mass is 367 g/mol. The number of anilines is 3. The molecule has 0 saturated carbocycles. The minimum Gasteiger partial charge on any atom is -0.397 e. The van der Waals surface area contributed by atoms with Crippen LogP contribution in [0.15, 0.2) is 36.5 Å². The number of pyridine rings is 1. The number of morpholine rings is 1. The second-order valence-corrected chi connectivity index (χ2v) is 7.55. The third-order valence-corrected chi connectivity index (χ3v) is 5.74. The van der Waals surface area contributed by atoms with E-state index >= 15 is 0 Å². The summed E-state index contributed by atoms with van der Waals surface area (Å²) in [4.78, 5) is 11.7. The molecule has 6 nitrogen and oxygen atoms in total. The SMILES string of the molecule is C[C@H]1CN(c2ccc(-c3cc(N4CCOCC4)ccn3)cc2N)CCN1C. The van der Waals surface area contributed by atoms with Crippen molar-refractivity contribution >= 4 is 17.1 Å². The van der Waals surface area contributed by atoms with Gasteiger partial charge >= 0.3 is 0 Å². The zero-order valence-electron chi connectivity index (χ0n) is 16.3. The topological polar surface area (TPSA) is 57.9 Å². The minimum atomic E-state index is 0.532. The van der Waals surface area contributed by atoms with Crippen LogP contribution in [0.5, 0.6) is 0 Å². The van der Waals surface area contributed by atoms with Crippen LogP contribution in [-0.2, 0) is 4.74 Å². The number of piperazine rings is 1. The minimum absolute atomic E-state index is 0.532. The molecule has 144 valence electrons. The molecule has 2 saturated heterocycles. The van der Waals surface area contributed by atoms with Crippen LogP contribution in [0.2, 0.25) is 0 Å². The third kappa shape index (κ3) is 3.87. The Morgan fingerprint density at radius 2 is 1.85 bits per heavy atom. The molecule has 2 N–H and O–H groups in total. The summed E-state index contributed by atoms with van der Waals surface area (Å²) in [6.07, 6.45) is 1.88. The maximum absolute atomic E-state index is 6.44. The van der Waals surface area contributed by atoms with Gasteiger partial charge in [-0.15, -0.1) is 0 Å². The molecule has 0 aliphatic carbocycles. The van der Waals surface area contributed by atoms with Crippen molar-refractivity contribution in [3.05, 3.63) is 36.5 Å². The van der Waals surface area contributed by atoms with Gasteiger partial charge in [0.15, 0.2) is 0 Å². The van der Waals surface area contributed by atoms with Crippen LogP contribution < -0.4 is 15.5 Å². The number of hydrogen-bond donors (Lipinski definition) is 1. The summed E-state index contributed by atoms with van der Waals surface area (Å²) in [6, 6.07) is 11.1. The standard InChI is InChI=1S/C21H29N5O/c1-16-15-26(8-7-24(16)2)21-4-3-17(13-19(21)22)20-14-18(5-6-23-20)25-9-11-27-12-10-25/h3-6,13-14,16H,7-12,15,22H2,1-2H3/t16-/m0/s1. The van der Waals surface area contributed by atoms with Crippen molar-refractivity contribution < 1.29 is 4.74 Å². The highest BCUT2D eigenvalue weighted by molar-refractivity contribution is 5.76. The van der Waals surface area contributed by atoms with Crippen molar-refractivity contribution in [1.29, 1.82) is 0 Å². The van der Waals surface area contributed by atoms with Crippen LogP contribution in [0.4, 0.5) is 17.1 Å². The molecule has 27 heavy (non-hydrogen) atoms. The first kappa shape index (κ1) is 18.1. The second-order valence-electron chi connectivity index (χ2n) is 7.55. The maximum Gasteiger partial charge on any atom is 0.0723 e. The van der Waals surface area contributed by atoms with Gasteiger partial charge in [-0.1, -0.05) is 6.07 Å². The van der Waals surface area contributed by atoms with Crippen molar-refractivity contribution in [2.24, 2.45) is 0 Å². The van der Waals surface area contributed by atoms with Gasteiger partial charge in [0, 0.05) is 56.2 Å². The zero-order valence-corrected chi connectivity index (χ0v) is 16.3. The average molecular weight is 367 g/mol. The summed E-state index contributed by atoms with van der Waals surface area (Å²) in [5.41, 5.74) is 11.6. The molecule has 0 spiro atoms. The fourth-order valence-corrected chi connectivity index (χ4v) is 3.86. The van der Waals surface area contributed by atoms with E-state index in [0.29, 0.717) is 6.04 Å². The largest absolute Gasteiger partial charge is 0.397 e. The van der Waals surface area contributed by atoms with Gasteiger partial charge in [-0.25, -0.2) is 0 Å². The summed E-state index contributed by atoms with van der Waals surface area (Å²) >= 11 is 0. The van der Waals surface area contributed by atoms with Crippen LogP contribution >= 0.6 is 0 Å². The summed E-state index contributed by atoms with van der Waals surface area (Å²) in [5.74, 6) is 0. The number of benzene rings is 1. The Morgan fingerprint density at radius 3 is 2.59 bits per heavy atom. The fourth-order valence-electron chi connectivity index (χ4n) is 3.86. The first-order valence-corrected chi connectivity index (χ1v) is 9.75. The van der Waals surface area contributed by atoms with Gasteiger partial charge in [0.1, 0.15) is 0 Å². The van der Waals surface area contributed by atoms with Crippen molar-refractivity contribution in [3.8, 4) is 11.3 Å². The summed E-state index contributed by atoms with van der Waals surface area (Å²) in [5, 5.41) is 0.